The average Bonchev–Trinajstić information content (AvgIpc) is 2.35. The van der Waals surface area contributed by atoms with Crippen molar-refractivity contribution in [2.24, 2.45) is 0 Å². The molecule has 2 aromatic carbocycles. The van der Waals surface area contributed by atoms with Crippen molar-refractivity contribution in [1.82, 2.24) is 0 Å². The van der Waals surface area contributed by atoms with Crippen molar-refractivity contribution in [3.8, 4) is 0 Å². The maximum Gasteiger partial charge on any atom is 0.137 e. The summed E-state index contributed by atoms with van der Waals surface area (Å²) in [5, 5.41) is 10.4. The SMILES string of the molecule is OC(c1cc(Br)ccc1Br)c1cccc(F)c1Br. The zero-order valence-electron chi connectivity index (χ0n) is 9.00. The Bertz CT molecular complexity index is 584. The molecule has 1 atom stereocenters. The molecule has 0 saturated carbocycles. The van der Waals surface area contributed by atoms with Gasteiger partial charge in [0.15, 0.2) is 0 Å². The molecule has 1 nitrogen and oxygen atoms in total. The van der Waals surface area contributed by atoms with Gasteiger partial charge in [-0.1, -0.05) is 44.0 Å². The topological polar surface area (TPSA) is 20.2 Å². The first kappa shape index (κ1) is 14.2. The van der Waals surface area contributed by atoms with Crippen LogP contribution in [0.1, 0.15) is 17.2 Å². The van der Waals surface area contributed by atoms with Gasteiger partial charge in [-0.05, 0) is 40.2 Å². The van der Waals surface area contributed by atoms with Crippen LogP contribution in [0.15, 0.2) is 49.8 Å². The molecule has 0 heterocycles. The molecule has 2 aromatic rings. The Morgan fingerprint density at radius 2 is 1.72 bits per heavy atom. The predicted molar refractivity (Wildman–Crippen MR) is 80.0 cm³/mol. The van der Waals surface area contributed by atoms with Crippen LogP contribution >= 0.6 is 47.8 Å². The normalized spacial score (nSPS) is 12.5. The van der Waals surface area contributed by atoms with E-state index in [1.165, 1.54) is 6.07 Å². The lowest BCUT2D eigenvalue weighted by molar-refractivity contribution is 0.218. The van der Waals surface area contributed by atoms with Crippen LogP contribution in [-0.2, 0) is 0 Å². The summed E-state index contributed by atoms with van der Waals surface area (Å²) >= 11 is 9.89. The third-order valence-corrected chi connectivity index (χ3v) is 4.58. The van der Waals surface area contributed by atoms with Crippen molar-refractivity contribution < 1.29 is 9.50 Å². The first-order chi connectivity index (χ1) is 8.50. The van der Waals surface area contributed by atoms with Crippen LogP contribution in [0.4, 0.5) is 4.39 Å². The van der Waals surface area contributed by atoms with Crippen molar-refractivity contribution in [3.63, 3.8) is 0 Å². The van der Waals surface area contributed by atoms with Crippen LogP contribution in [0.3, 0.4) is 0 Å². The fourth-order valence-electron chi connectivity index (χ4n) is 1.62. The van der Waals surface area contributed by atoms with E-state index in [4.69, 9.17) is 0 Å². The second-order valence-corrected chi connectivity index (χ2v) is 6.27. The minimum absolute atomic E-state index is 0.282. The molecule has 18 heavy (non-hydrogen) atoms. The van der Waals surface area contributed by atoms with Crippen LogP contribution in [0, 0.1) is 5.82 Å². The summed E-state index contributed by atoms with van der Waals surface area (Å²) in [6, 6.07) is 10.1. The Labute approximate surface area is 129 Å². The molecule has 2 rings (SSSR count). The largest absolute Gasteiger partial charge is 0.384 e. The molecular weight excluding hydrogens is 431 g/mol. The van der Waals surface area contributed by atoms with Crippen LogP contribution in [0.5, 0.6) is 0 Å². The van der Waals surface area contributed by atoms with Gasteiger partial charge in [-0.3, -0.25) is 0 Å². The molecule has 0 aliphatic heterocycles. The minimum Gasteiger partial charge on any atom is -0.384 e. The van der Waals surface area contributed by atoms with E-state index in [0.717, 1.165) is 8.95 Å². The van der Waals surface area contributed by atoms with Crippen molar-refractivity contribution in [3.05, 3.63) is 66.8 Å². The fraction of sp³-hybridized carbons (Fsp3) is 0.0769. The highest BCUT2D eigenvalue weighted by Gasteiger charge is 2.18. The molecule has 0 bridgehead atoms. The van der Waals surface area contributed by atoms with Gasteiger partial charge in [0.05, 0.1) is 4.47 Å². The number of aliphatic hydroxyl groups excluding tert-OH is 1. The molecule has 94 valence electrons. The highest BCUT2D eigenvalue weighted by molar-refractivity contribution is 9.11. The fourth-order valence-corrected chi connectivity index (χ4v) is 2.95. The van der Waals surface area contributed by atoms with E-state index in [9.17, 15) is 9.50 Å². The van der Waals surface area contributed by atoms with Gasteiger partial charge in [0.2, 0.25) is 0 Å². The smallest absolute Gasteiger partial charge is 0.137 e. The number of benzene rings is 2. The van der Waals surface area contributed by atoms with Gasteiger partial charge < -0.3 is 5.11 Å². The van der Waals surface area contributed by atoms with Crippen molar-refractivity contribution in [1.29, 1.82) is 0 Å². The lowest BCUT2D eigenvalue weighted by Crippen LogP contribution is -2.02. The standard InChI is InChI=1S/C13H8Br3FO/c14-7-4-5-10(15)9(6-7)13(18)8-2-1-3-11(17)12(8)16/h1-6,13,18H. The molecule has 0 aromatic heterocycles. The summed E-state index contributed by atoms with van der Waals surface area (Å²) in [6.07, 6.45) is -0.901. The average molecular weight is 439 g/mol. The Morgan fingerprint density at radius 1 is 1.00 bits per heavy atom. The van der Waals surface area contributed by atoms with Crippen molar-refractivity contribution in [2.45, 2.75) is 6.10 Å². The maximum absolute atomic E-state index is 13.5. The Hall–Kier alpha value is -0.230. The summed E-state index contributed by atoms with van der Waals surface area (Å²) < 4.78 is 15.4. The van der Waals surface area contributed by atoms with Gasteiger partial charge in [0.25, 0.3) is 0 Å². The molecule has 0 spiro atoms. The number of hydrogen-bond acceptors (Lipinski definition) is 1. The molecule has 1 unspecified atom stereocenters. The van der Waals surface area contributed by atoms with Crippen LogP contribution in [0.2, 0.25) is 0 Å². The van der Waals surface area contributed by atoms with E-state index >= 15 is 0 Å². The van der Waals surface area contributed by atoms with E-state index in [2.05, 4.69) is 47.8 Å². The van der Waals surface area contributed by atoms with Gasteiger partial charge >= 0.3 is 0 Å². The lowest BCUT2D eigenvalue weighted by atomic mass is 10.0. The minimum atomic E-state index is -0.901. The maximum atomic E-state index is 13.5. The third-order valence-electron chi connectivity index (χ3n) is 2.53. The first-order valence-corrected chi connectivity index (χ1v) is 7.45. The molecule has 5 heteroatoms. The van der Waals surface area contributed by atoms with Crippen LogP contribution in [-0.4, -0.2) is 5.11 Å². The zero-order valence-corrected chi connectivity index (χ0v) is 13.8. The quantitative estimate of drug-likeness (QED) is 0.683. The number of rotatable bonds is 2. The predicted octanol–water partition coefficient (Wildman–Crippen LogP) is 5.19. The summed E-state index contributed by atoms with van der Waals surface area (Å²) in [4.78, 5) is 0. The van der Waals surface area contributed by atoms with Gasteiger partial charge in [-0.2, -0.15) is 0 Å². The monoisotopic (exact) mass is 436 g/mol. The van der Waals surface area contributed by atoms with Crippen molar-refractivity contribution >= 4 is 47.8 Å². The highest BCUT2D eigenvalue weighted by Crippen LogP contribution is 2.34. The molecular formula is C13H8Br3FO. The van der Waals surface area contributed by atoms with E-state index in [1.807, 2.05) is 12.1 Å². The van der Waals surface area contributed by atoms with E-state index in [0.29, 0.717) is 11.1 Å². The molecule has 0 amide bonds. The molecule has 0 saturated heterocycles. The van der Waals surface area contributed by atoms with Gasteiger partial charge in [0, 0.05) is 20.1 Å². The third kappa shape index (κ3) is 2.85. The lowest BCUT2D eigenvalue weighted by Gasteiger charge is -2.15. The van der Waals surface area contributed by atoms with Gasteiger partial charge in [-0.15, -0.1) is 0 Å². The van der Waals surface area contributed by atoms with E-state index in [1.54, 1.807) is 18.2 Å². The number of aliphatic hydroxyl groups is 1. The first-order valence-electron chi connectivity index (χ1n) is 5.07. The van der Waals surface area contributed by atoms with Gasteiger partial charge in [0.1, 0.15) is 11.9 Å². The van der Waals surface area contributed by atoms with Crippen LogP contribution in [0.25, 0.3) is 0 Å². The highest BCUT2D eigenvalue weighted by atomic mass is 79.9. The Balaban J connectivity index is 2.51. The summed E-state index contributed by atoms with van der Waals surface area (Å²) in [7, 11) is 0. The Kier molecular flexibility index (Phi) is 4.59. The van der Waals surface area contributed by atoms with E-state index in [-0.39, 0.29) is 4.47 Å². The molecule has 0 aliphatic carbocycles. The second kappa shape index (κ2) is 5.82. The number of hydrogen-bond donors (Lipinski definition) is 1. The number of halogens is 4. The van der Waals surface area contributed by atoms with E-state index < -0.39 is 11.9 Å². The molecule has 1 N–H and O–H groups in total. The Morgan fingerprint density at radius 3 is 2.44 bits per heavy atom. The molecule has 0 fully saturated rings. The zero-order chi connectivity index (χ0) is 13.3. The summed E-state index contributed by atoms with van der Waals surface area (Å²) in [5.74, 6) is -0.391. The summed E-state index contributed by atoms with van der Waals surface area (Å²) in [6.45, 7) is 0. The van der Waals surface area contributed by atoms with Crippen molar-refractivity contribution in [2.75, 3.05) is 0 Å². The molecule has 0 aliphatic rings. The van der Waals surface area contributed by atoms with Gasteiger partial charge in [-0.25, -0.2) is 4.39 Å². The summed E-state index contributed by atoms with van der Waals surface area (Å²) in [5.41, 5.74) is 1.17. The molecule has 0 radical (unpaired) electrons. The van der Waals surface area contributed by atoms with Crippen LogP contribution < -0.4 is 0 Å². The second-order valence-electron chi connectivity index (χ2n) is 3.71.